The molecule has 29 heavy (non-hydrogen) atoms. The Balaban J connectivity index is 1.44. The van der Waals surface area contributed by atoms with Gasteiger partial charge < -0.3 is 4.74 Å². The van der Waals surface area contributed by atoms with Gasteiger partial charge in [0.1, 0.15) is 5.75 Å². The molecular weight excluding hydrogens is 372 g/mol. The van der Waals surface area contributed by atoms with Crippen molar-refractivity contribution in [3.63, 3.8) is 0 Å². The molecule has 0 spiro atoms. The molecule has 0 aromatic heterocycles. The largest absolute Gasteiger partial charge is 0.494 e. The molecule has 0 aliphatic heterocycles. The van der Waals surface area contributed by atoms with Gasteiger partial charge in [-0.05, 0) is 41.8 Å². The molecule has 0 fully saturated rings. The molecule has 0 aliphatic carbocycles. The molecule has 0 bridgehead atoms. The Bertz CT molecular complexity index is 633. The van der Waals surface area contributed by atoms with E-state index in [-0.39, 0.29) is 0 Å². The Morgan fingerprint density at radius 2 is 0.966 bits per heavy atom. The maximum atomic E-state index is 5.90. The molecule has 0 saturated heterocycles. The highest BCUT2D eigenvalue weighted by molar-refractivity contribution is 7.80. The van der Waals surface area contributed by atoms with Crippen LogP contribution in [0.2, 0.25) is 0 Å². The number of unbranched alkanes of at least 4 members (excludes halogenated alkanes) is 12. The normalized spacial score (nSPS) is 11.0. The van der Waals surface area contributed by atoms with Crippen molar-refractivity contribution < 1.29 is 4.74 Å². The Kier molecular flexibility index (Phi) is 12.7. The second-order valence-corrected chi connectivity index (χ2v) is 8.68. The topological polar surface area (TPSA) is 9.23 Å². The predicted octanol–water partition coefficient (Wildman–Crippen LogP) is 9.11. The van der Waals surface area contributed by atoms with Crippen LogP contribution in [0.15, 0.2) is 53.4 Å². The van der Waals surface area contributed by atoms with Crippen LogP contribution in [-0.2, 0) is 0 Å². The van der Waals surface area contributed by atoms with Crippen LogP contribution in [0.3, 0.4) is 0 Å². The zero-order valence-electron chi connectivity index (χ0n) is 18.4. The van der Waals surface area contributed by atoms with E-state index in [1.54, 1.807) is 0 Å². The summed E-state index contributed by atoms with van der Waals surface area (Å²) in [6.07, 6.45) is 18.0. The van der Waals surface area contributed by atoms with Crippen molar-refractivity contribution in [3.8, 4) is 16.9 Å². The first-order chi connectivity index (χ1) is 14.3. The highest BCUT2D eigenvalue weighted by Gasteiger charge is 1.99. The molecule has 2 heteroatoms. The molecular formula is C27H40OS. The third-order valence-corrected chi connectivity index (χ3v) is 5.87. The second kappa shape index (κ2) is 15.4. The fraction of sp³-hybridized carbons (Fsp3) is 0.556. The number of hydrogen-bond acceptors (Lipinski definition) is 2. The molecule has 0 saturated carbocycles. The van der Waals surface area contributed by atoms with Gasteiger partial charge in [-0.2, -0.15) is 0 Å². The summed E-state index contributed by atoms with van der Waals surface area (Å²) in [6, 6.07) is 16.7. The Morgan fingerprint density at radius 1 is 0.552 bits per heavy atom. The number of rotatable bonds is 16. The lowest BCUT2D eigenvalue weighted by molar-refractivity contribution is 0.304. The maximum absolute atomic E-state index is 5.90. The Labute approximate surface area is 184 Å². The number of ether oxygens (including phenoxy) is 1. The van der Waals surface area contributed by atoms with Crippen molar-refractivity contribution in [2.75, 3.05) is 6.61 Å². The van der Waals surface area contributed by atoms with Crippen molar-refractivity contribution >= 4 is 12.6 Å². The average Bonchev–Trinajstić information content (AvgIpc) is 2.75. The van der Waals surface area contributed by atoms with Gasteiger partial charge in [-0.1, -0.05) is 108 Å². The summed E-state index contributed by atoms with van der Waals surface area (Å²) in [5.74, 6) is 0.971. The summed E-state index contributed by atoms with van der Waals surface area (Å²) in [4.78, 5) is 0.992. The van der Waals surface area contributed by atoms with E-state index in [2.05, 4.69) is 56.0 Å². The van der Waals surface area contributed by atoms with Crippen molar-refractivity contribution in [1.82, 2.24) is 0 Å². The summed E-state index contributed by atoms with van der Waals surface area (Å²) >= 11 is 4.34. The van der Waals surface area contributed by atoms with E-state index in [1.807, 2.05) is 12.1 Å². The summed E-state index contributed by atoms with van der Waals surface area (Å²) in [5.41, 5.74) is 2.43. The first-order valence-corrected chi connectivity index (χ1v) is 12.3. The minimum absolute atomic E-state index is 0.825. The van der Waals surface area contributed by atoms with Gasteiger partial charge in [0.25, 0.3) is 0 Å². The van der Waals surface area contributed by atoms with Gasteiger partial charge in [0.15, 0.2) is 0 Å². The monoisotopic (exact) mass is 412 g/mol. The van der Waals surface area contributed by atoms with Crippen molar-refractivity contribution in [1.29, 1.82) is 0 Å². The van der Waals surface area contributed by atoms with Crippen LogP contribution in [0, 0.1) is 0 Å². The molecule has 0 radical (unpaired) electrons. The molecule has 0 heterocycles. The molecule has 0 N–H and O–H groups in total. The molecule has 2 aromatic carbocycles. The van der Waals surface area contributed by atoms with Crippen LogP contribution in [0.4, 0.5) is 0 Å². The lowest BCUT2D eigenvalue weighted by atomic mass is 10.0. The van der Waals surface area contributed by atoms with Gasteiger partial charge in [0, 0.05) is 4.90 Å². The van der Waals surface area contributed by atoms with Crippen molar-refractivity contribution in [3.05, 3.63) is 48.5 Å². The second-order valence-electron chi connectivity index (χ2n) is 8.16. The third kappa shape index (κ3) is 10.8. The van der Waals surface area contributed by atoms with Gasteiger partial charge >= 0.3 is 0 Å². The van der Waals surface area contributed by atoms with E-state index < -0.39 is 0 Å². The number of hydrogen-bond donors (Lipinski definition) is 1. The first kappa shape index (κ1) is 23.9. The summed E-state index contributed by atoms with van der Waals surface area (Å²) in [5, 5.41) is 0. The summed E-state index contributed by atoms with van der Waals surface area (Å²) in [7, 11) is 0. The van der Waals surface area contributed by atoms with Crippen molar-refractivity contribution in [2.45, 2.75) is 95.3 Å². The zero-order valence-corrected chi connectivity index (χ0v) is 19.3. The molecule has 0 aliphatic rings. The van der Waals surface area contributed by atoms with Gasteiger partial charge in [-0.25, -0.2) is 0 Å². The maximum Gasteiger partial charge on any atom is 0.119 e. The molecule has 0 unspecified atom stereocenters. The van der Waals surface area contributed by atoms with E-state index in [9.17, 15) is 0 Å². The van der Waals surface area contributed by atoms with E-state index >= 15 is 0 Å². The van der Waals surface area contributed by atoms with Crippen LogP contribution >= 0.6 is 12.6 Å². The number of thiol groups is 1. The van der Waals surface area contributed by atoms with Crippen LogP contribution in [0.5, 0.6) is 5.75 Å². The zero-order chi connectivity index (χ0) is 20.6. The lowest BCUT2D eigenvalue weighted by Gasteiger charge is -2.08. The fourth-order valence-electron chi connectivity index (χ4n) is 3.71. The molecule has 160 valence electrons. The highest BCUT2D eigenvalue weighted by Crippen LogP contribution is 2.23. The fourth-order valence-corrected chi connectivity index (χ4v) is 3.86. The lowest BCUT2D eigenvalue weighted by Crippen LogP contribution is -1.97. The van der Waals surface area contributed by atoms with Crippen molar-refractivity contribution in [2.24, 2.45) is 0 Å². The Hall–Kier alpha value is -1.41. The smallest absolute Gasteiger partial charge is 0.119 e. The number of benzene rings is 2. The van der Waals surface area contributed by atoms with Gasteiger partial charge in [0.05, 0.1) is 6.61 Å². The third-order valence-electron chi connectivity index (χ3n) is 5.57. The molecule has 2 rings (SSSR count). The van der Waals surface area contributed by atoms with Gasteiger partial charge in [-0.15, -0.1) is 12.6 Å². The van der Waals surface area contributed by atoms with E-state index in [0.29, 0.717) is 0 Å². The standard InChI is InChI=1S/C27H40OS/c1-2-3-4-5-6-7-8-9-10-11-12-13-14-23-28-26-19-15-24(16-20-26)25-17-21-27(29)22-18-25/h15-22,29H,2-14,23H2,1H3. The van der Waals surface area contributed by atoms with Crippen LogP contribution in [-0.4, -0.2) is 6.61 Å². The molecule has 0 amide bonds. The SMILES string of the molecule is CCCCCCCCCCCCCCCOc1ccc(-c2ccc(S)cc2)cc1. The first-order valence-electron chi connectivity index (χ1n) is 11.8. The van der Waals surface area contributed by atoms with Gasteiger partial charge in [0.2, 0.25) is 0 Å². The van der Waals surface area contributed by atoms with Crippen LogP contribution in [0.25, 0.3) is 11.1 Å². The average molecular weight is 413 g/mol. The van der Waals surface area contributed by atoms with Gasteiger partial charge in [-0.3, -0.25) is 0 Å². The molecule has 2 aromatic rings. The minimum Gasteiger partial charge on any atom is -0.494 e. The quantitative estimate of drug-likeness (QED) is 0.213. The minimum atomic E-state index is 0.825. The van der Waals surface area contributed by atoms with E-state index in [1.165, 1.54) is 88.2 Å². The predicted molar refractivity (Wildman–Crippen MR) is 130 cm³/mol. The Morgan fingerprint density at radius 3 is 1.45 bits per heavy atom. The van der Waals surface area contributed by atoms with E-state index in [4.69, 9.17) is 4.74 Å². The van der Waals surface area contributed by atoms with Crippen LogP contribution < -0.4 is 4.74 Å². The van der Waals surface area contributed by atoms with E-state index in [0.717, 1.165) is 23.7 Å². The summed E-state index contributed by atoms with van der Waals surface area (Å²) < 4.78 is 5.90. The highest BCUT2D eigenvalue weighted by atomic mass is 32.1. The molecule has 0 atom stereocenters. The molecule has 1 nitrogen and oxygen atoms in total. The summed E-state index contributed by atoms with van der Waals surface area (Å²) in [6.45, 7) is 3.11. The van der Waals surface area contributed by atoms with Crippen LogP contribution in [0.1, 0.15) is 90.4 Å².